The van der Waals surface area contributed by atoms with Crippen molar-refractivity contribution >= 4 is 17.6 Å². The maximum absolute atomic E-state index is 12.1. The number of aromatic hydroxyl groups is 1. The molecule has 2 aromatic carbocycles. The second-order valence-electron chi connectivity index (χ2n) is 4.85. The highest BCUT2D eigenvalue weighted by Crippen LogP contribution is 2.27. The molecule has 0 radical (unpaired) electrons. The van der Waals surface area contributed by atoms with Crippen LogP contribution in [0.2, 0.25) is 5.02 Å². The fraction of sp³-hybridized carbons (Fsp3) is 0.235. The first-order chi connectivity index (χ1) is 11.1. The van der Waals surface area contributed by atoms with Gasteiger partial charge >= 0.3 is 5.97 Å². The molecule has 0 unspecified atom stereocenters. The van der Waals surface area contributed by atoms with Crippen molar-refractivity contribution < 1.29 is 19.4 Å². The van der Waals surface area contributed by atoms with Crippen LogP contribution in [0.5, 0.6) is 11.5 Å². The van der Waals surface area contributed by atoms with Gasteiger partial charge in [0.1, 0.15) is 17.5 Å². The lowest BCUT2D eigenvalue weighted by Gasteiger charge is -2.18. The molecule has 0 amide bonds. The van der Waals surface area contributed by atoms with Crippen molar-refractivity contribution in [1.82, 2.24) is 5.32 Å². The molecule has 122 valence electrons. The standard InChI is InChI=1S/C17H18ClNO4/c1-22-15-8-4-7-14(18)13(15)10-19-16(17(21)23-2)11-5-3-6-12(20)9-11/h3-9,16,19-20H,10H2,1-2H3/t16-/m0/s1. The molecule has 23 heavy (non-hydrogen) atoms. The predicted molar refractivity (Wildman–Crippen MR) is 87.7 cm³/mol. The number of phenols is 1. The Balaban J connectivity index is 2.25. The molecule has 2 N–H and O–H groups in total. The minimum atomic E-state index is -0.729. The molecule has 2 aromatic rings. The van der Waals surface area contributed by atoms with Crippen LogP contribution in [0.4, 0.5) is 0 Å². The molecule has 0 aliphatic rings. The first-order valence-corrected chi connectivity index (χ1v) is 7.36. The number of methoxy groups -OCH3 is 2. The molecule has 0 saturated heterocycles. The van der Waals surface area contributed by atoms with E-state index >= 15 is 0 Å². The summed E-state index contributed by atoms with van der Waals surface area (Å²) in [6.07, 6.45) is 0. The van der Waals surface area contributed by atoms with Gasteiger partial charge in [0, 0.05) is 17.1 Å². The SMILES string of the molecule is COC(=O)[C@@H](NCc1c(Cl)cccc1OC)c1cccc(O)c1. The average molecular weight is 336 g/mol. The molecule has 1 atom stereocenters. The van der Waals surface area contributed by atoms with Crippen molar-refractivity contribution in [2.24, 2.45) is 0 Å². The molecular weight excluding hydrogens is 318 g/mol. The Labute approximate surface area is 139 Å². The van der Waals surface area contributed by atoms with Crippen molar-refractivity contribution in [2.75, 3.05) is 14.2 Å². The second kappa shape index (κ2) is 7.85. The quantitative estimate of drug-likeness (QED) is 0.794. The van der Waals surface area contributed by atoms with E-state index < -0.39 is 12.0 Å². The number of rotatable bonds is 6. The van der Waals surface area contributed by atoms with E-state index in [9.17, 15) is 9.90 Å². The van der Waals surface area contributed by atoms with E-state index in [2.05, 4.69) is 5.32 Å². The van der Waals surface area contributed by atoms with Gasteiger partial charge in [0.15, 0.2) is 0 Å². The summed E-state index contributed by atoms with van der Waals surface area (Å²) >= 11 is 6.20. The molecule has 6 heteroatoms. The largest absolute Gasteiger partial charge is 0.508 e. The predicted octanol–water partition coefficient (Wildman–Crippen LogP) is 3.06. The summed E-state index contributed by atoms with van der Waals surface area (Å²) in [4.78, 5) is 12.1. The van der Waals surface area contributed by atoms with Crippen LogP contribution in [0, 0.1) is 0 Å². The summed E-state index contributed by atoms with van der Waals surface area (Å²) in [5, 5.41) is 13.2. The monoisotopic (exact) mass is 335 g/mol. The number of ether oxygens (including phenoxy) is 2. The maximum atomic E-state index is 12.1. The lowest BCUT2D eigenvalue weighted by atomic mass is 10.1. The topological polar surface area (TPSA) is 67.8 Å². The maximum Gasteiger partial charge on any atom is 0.327 e. The van der Waals surface area contributed by atoms with Gasteiger partial charge in [-0.2, -0.15) is 0 Å². The van der Waals surface area contributed by atoms with Crippen molar-refractivity contribution in [3.63, 3.8) is 0 Å². The van der Waals surface area contributed by atoms with Crippen LogP contribution < -0.4 is 10.1 Å². The van der Waals surface area contributed by atoms with E-state index in [1.165, 1.54) is 19.2 Å². The van der Waals surface area contributed by atoms with Gasteiger partial charge in [0.05, 0.1) is 14.2 Å². The molecule has 0 aromatic heterocycles. The van der Waals surface area contributed by atoms with Crippen LogP contribution in [0.25, 0.3) is 0 Å². The van der Waals surface area contributed by atoms with E-state index in [1.54, 1.807) is 37.4 Å². The Kier molecular flexibility index (Phi) is 5.84. The molecule has 0 saturated carbocycles. The summed E-state index contributed by atoms with van der Waals surface area (Å²) < 4.78 is 10.1. The molecule has 0 fully saturated rings. The third-order valence-corrected chi connectivity index (χ3v) is 3.77. The van der Waals surface area contributed by atoms with E-state index in [0.717, 1.165) is 5.56 Å². The van der Waals surface area contributed by atoms with Crippen LogP contribution in [-0.4, -0.2) is 25.3 Å². The Bertz CT molecular complexity index is 690. The highest BCUT2D eigenvalue weighted by molar-refractivity contribution is 6.31. The van der Waals surface area contributed by atoms with Crippen LogP contribution in [0.1, 0.15) is 17.2 Å². The molecule has 0 aliphatic carbocycles. The molecule has 0 heterocycles. The van der Waals surface area contributed by atoms with Gasteiger partial charge < -0.3 is 14.6 Å². The van der Waals surface area contributed by atoms with Crippen LogP contribution >= 0.6 is 11.6 Å². The van der Waals surface area contributed by atoms with E-state index in [4.69, 9.17) is 21.1 Å². The first kappa shape index (κ1) is 17.1. The zero-order chi connectivity index (χ0) is 16.8. The number of benzene rings is 2. The summed E-state index contributed by atoms with van der Waals surface area (Å²) in [5.41, 5.74) is 1.34. The Morgan fingerprint density at radius 3 is 2.65 bits per heavy atom. The van der Waals surface area contributed by atoms with Crippen molar-refractivity contribution in [3.05, 3.63) is 58.6 Å². The lowest BCUT2D eigenvalue weighted by molar-refractivity contribution is -0.143. The zero-order valence-corrected chi connectivity index (χ0v) is 13.6. The number of carbonyl (C=O) groups excluding carboxylic acids is 1. The van der Waals surface area contributed by atoms with Crippen molar-refractivity contribution in [1.29, 1.82) is 0 Å². The van der Waals surface area contributed by atoms with Gasteiger partial charge in [-0.3, -0.25) is 5.32 Å². The van der Waals surface area contributed by atoms with Gasteiger partial charge in [0.2, 0.25) is 0 Å². The summed E-state index contributed by atoms with van der Waals surface area (Å²) in [5.74, 6) is 0.250. The van der Waals surface area contributed by atoms with Crippen LogP contribution in [0.15, 0.2) is 42.5 Å². The molecule has 0 spiro atoms. The van der Waals surface area contributed by atoms with Gasteiger partial charge in [0.25, 0.3) is 0 Å². The van der Waals surface area contributed by atoms with E-state index in [0.29, 0.717) is 22.9 Å². The number of carbonyl (C=O) groups is 1. The first-order valence-electron chi connectivity index (χ1n) is 6.98. The molecular formula is C17H18ClNO4. The number of phenolic OH excluding ortho intramolecular Hbond substituents is 1. The summed E-state index contributed by atoms with van der Waals surface area (Å²) in [7, 11) is 2.87. The zero-order valence-electron chi connectivity index (χ0n) is 12.9. The normalized spacial score (nSPS) is 11.8. The third kappa shape index (κ3) is 4.15. The van der Waals surface area contributed by atoms with E-state index in [1.807, 2.05) is 0 Å². The third-order valence-electron chi connectivity index (χ3n) is 3.42. The Morgan fingerprint density at radius 1 is 1.26 bits per heavy atom. The fourth-order valence-corrected chi connectivity index (χ4v) is 2.50. The molecule has 2 rings (SSSR count). The highest BCUT2D eigenvalue weighted by atomic mass is 35.5. The summed E-state index contributed by atoms with van der Waals surface area (Å²) in [6, 6.07) is 11.1. The van der Waals surface area contributed by atoms with Gasteiger partial charge in [-0.1, -0.05) is 29.8 Å². The van der Waals surface area contributed by atoms with Gasteiger partial charge in [-0.15, -0.1) is 0 Å². The number of esters is 1. The fourth-order valence-electron chi connectivity index (χ4n) is 2.27. The van der Waals surface area contributed by atoms with E-state index in [-0.39, 0.29) is 5.75 Å². The van der Waals surface area contributed by atoms with Gasteiger partial charge in [-0.25, -0.2) is 4.79 Å². The molecule has 5 nitrogen and oxygen atoms in total. The minimum absolute atomic E-state index is 0.0773. The Hall–Kier alpha value is -2.24. The number of hydrogen-bond acceptors (Lipinski definition) is 5. The van der Waals surface area contributed by atoms with Crippen molar-refractivity contribution in [3.8, 4) is 11.5 Å². The number of halogens is 1. The molecule has 0 bridgehead atoms. The van der Waals surface area contributed by atoms with Crippen LogP contribution in [0.3, 0.4) is 0 Å². The minimum Gasteiger partial charge on any atom is -0.508 e. The van der Waals surface area contributed by atoms with Gasteiger partial charge in [-0.05, 0) is 29.8 Å². The lowest BCUT2D eigenvalue weighted by Crippen LogP contribution is -2.29. The number of nitrogens with one attached hydrogen (secondary N) is 1. The average Bonchev–Trinajstić information content (AvgIpc) is 2.55. The Morgan fingerprint density at radius 2 is 2.00 bits per heavy atom. The number of hydrogen-bond donors (Lipinski definition) is 2. The summed E-state index contributed by atoms with van der Waals surface area (Å²) in [6.45, 7) is 0.304. The van der Waals surface area contributed by atoms with Crippen molar-refractivity contribution in [2.45, 2.75) is 12.6 Å². The molecule has 0 aliphatic heterocycles. The second-order valence-corrected chi connectivity index (χ2v) is 5.26. The van der Waals surface area contributed by atoms with Crippen LogP contribution in [-0.2, 0) is 16.1 Å². The highest BCUT2D eigenvalue weighted by Gasteiger charge is 2.22. The smallest absolute Gasteiger partial charge is 0.327 e.